The van der Waals surface area contributed by atoms with Crippen LogP contribution in [0.2, 0.25) is 0 Å². The molecule has 0 bridgehead atoms. The summed E-state index contributed by atoms with van der Waals surface area (Å²) in [5.41, 5.74) is -0.427. The molecule has 0 aromatic rings. The largest absolute Gasteiger partial charge is 0.468 e. The van der Waals surface area contributed by atoms with E-state index in [1.807, 2.05) is 0 Å². The van der Waals surface area contributed by atoms with Crippen LogP contribution >= 0.6 is 0 Å². The smallest absolute Gasteiger partial charge is 0.326 e. The van der Waals surface area contributed by atoms with Gasteiger partial charge in [0, 0.05) is 19.1 Å². The summed E-state index contributed by atoms with van der Waals surface area (Å²) in [7, 11) is 3.62. The van der Waals surface area contributed by atoms with Gasteiger partial charge < -0.3 is 9.64 Å². The van der Waals surface area contributed by atoms with Gasteiger partial charge in [0.15, 0.2) is 0 Å². The van der Waals surface area contributed by atoms with E-state index in [2.05, 4.69) is 17.3 Å². The lowest BCUT2D eigenvalue weighted by atomic mass is 9.84. The third kappa shape index (κ3) is 3.04. The van der Waals surface area contributed by atoms with E-state index in [-0.39, 0.29) is 5.97 Å². The first-order valence-electron chi connectivity index (χ1n) is 7.21. The average Bonchev–Trinajstić information content (AvgIpc) is 2.42. The molecule has 18 heavy (non-hydrogen) atoms. The van der Waals surface area contributed by atoms with Crippen LogP contribution in [0.4, 0.5) is 0 Å². The molecular weight excluding hydrogens is 228 g/mol. The summed E-state index contributed by atoms with van der Waals surface area (Å²) >= 11 is 0. The molecular formula is C14H26N2O2. The van der Waals surface area contributed by atoms with E-state index in [1.54, 1.807) is 0 Å². The van der Waals surface area contributed by atoms with Crippen LogP contribution in [0.5, 0.6) is 0 Å². The zero-order chi connectivity index (χ0) is 13.0. The summed E-state index contributed by atoms with van der Waals surface area (Å²) in [4.78, 5) is 14.4. The maximum Gasteiger partial charge on any atom is 0.326 e. The number of esters is 1. The molecule has 0 radical (unpaired) electrons. The Labute approximate surface area is 110 Å². The van der Waals surface area contributed by atoms with Crippen molar-refractivity contribution in [3.63, 3.8) is 0 Å². The minimum absolute atomic E-state index is 0.0684. The van der Waals surface area contributed by atoms with Gasteiger partial charge in [-0.1, -0.05) is 19.3 Å². The van der Waals surface area contributed by atoms with Crippen LogP contribution in [0.15, 0.2) is 0 Å². The SMILES string of the molecule is COC(=O)C1(NC2CCCCC2)CCN(C)CC1. The van der Waals surface area contributed by atoms with Crippen molar-refractivity contribution in [1.29, 1.82) is 0 Å². The van der Waals surface area contributed by atoms with Gasteiger partial charge in [0.2, 0.25) is 0 Å². The summed E-state index contributed by atoms with van der Waals surface area (Å²) in [5.74, 6) is -0.0684. The number of hydrogen-bond acceptors (Lipinski definition) is 4. The second-order valence-corrected chi connectivity index (χ2v) is 5.86. The molecule has 104 valence electrons. The normalized spacial score (nSPS) is 25.9. The van der Waals surface area contributed by atoms with Gasteiger partial charge in [-0.05, 0) is 32.7 Å². The summed E-state index contributed by atoms with van der Waals surface area (Å²) in [6.45, 7) is 1.93. The summed E-state index contributed by atoms with van der Waals surface area (Å²) in [6, 6.07) is 0.501. The van der Waals surface area contributed by atoms with Gasteiger partial charge in [0.1, 0.15) is 5.54 Å². The first kappa shape index (κ1) is 13.8. The first-order chi connectivity index (χ1) is 8.66. The maximum atomic E-state index is 12.2. The number of ether oxygens (including phenoxy) is 1. The van der Waals surface area contributed by atoms with Crippen molar-refractivity contribution in [2.75, 3.05) is 27.2 Å². The zero-order valence-corrected chi connectivity index (χ0v) is 11.7. The van der Waals surface area contributed by atoms with Crippen LogP contribution in [-0.4, -0.2) is 49.7 Å². The minimum Gasteiger partial charge on any atom is -0.468 e. The average molecular weight is 254 g/mol. The lowest BCUT2D eigenvalue weighted by Gasteiger charge is -2.42. The van der Waals surface area contributed by atoms with Gasteiger partial charge in [-0.3, -0.25) is 10.1 Å². The van der Waals surface area contributed by atoms with E-state index >= 15 is 0 Å². The highest BCUT2D eigenvalue weighted by Gasteiger charge is 2.43. The predicted molar refractivity (Wildman–Crippen MR) is 71.5 cm³/mol. The summed E-state index contributed by atoms with van der Waals surface area (Å²) in [6.07, 6.45) is 8.05. The molecule has 0 spiro atoms. The van der Waals surface area contributed by atoms with Gasteiger partial charge in [-0.25, -0.2) is 0 Å². The van der Waals surface area contributed by atoms with Crippen LogP contribution < -0.4 is 5.32 Å². The molecule has 2 aliphatic rings. The number of nitrogens with one attached hydrogen (secondary N) is 1. The topological polar surface area (TPSA) is 41.6 Å². The second-order valence-electron chi connectivity index (χ2n) is 5.86. The summed E-state index contributed by atoms with van der Waals surface area (Å²) < 4.78 is 5.05. The number of hydrogen-bond donors (Lipinski definition) is 1. The van der Waals surface area contributed by atoms with Gasteiger partial charge in [0.05, 0.1) is 7.11 Å². The van der Waals surface area contributed by atoms with Crippen LogP contribution in [0.25, 0.3) is 0 Å². The highest BCUT2D eigenvalue weighted by molar-refractivity contribution is 5.81. The van der Waals surface area contributed by atoms with Crippen LogP contribution in [0, 0.1) is 0 Å². The number of carbonyl (C=O) groups excluding carboxylic acids is 1. The minimum atomic E-state index is -0.427. The van der Waals surface area contributed by atoms with E-state index in [0.717, 1.165) is 25.9 Å². The van der Waals surface area contributed by atoms with Crippen molar-refractivity contribution in [3.05, 3.63) is 0 Å². The highest BCUT2D eigenvalue weighted by Crippen LogP contribution is 2.27. The van der Waals surface area contributed by atoms with Gasteiger partial charge in [-0.2, -0.15) is 0 Å². The van der Waals surface area contributed by atoms with Crippen molar-refractivity contribution >= 4 is 5.97 Å². The fourth-order valence-corrected chi connectivity index (χ4v) is 3.24. The van der Waals surface area contributed by atoms with Crippen molar-refractivity contribution in [2.24, 2.45) is 0 Å². The van der Waals surface area contributed by atoms with Crippen molar-refractivity contribution < 1.29 is 9.53 Å². The van der Waals surface area contributed by atoms with Gasteiger partial charge in [0.25, 0.3) is 0 Å². The van der Waals surface area contributed by atoms with Gasteiger partial charge in [-0.15, -0.1) is 0 Å². The third-order valence-electron chi connectivity index (χ3n) is 4.50. The lowest BCUT2D eigenvalue weighted by Crippen LogP contribution is -2.61. The number of nitrogens with zero attached hydrogens (tertiary/aromatic N) is 1. The number of likely N-dealkylation sites (tertiary alicyclic amines) is 1. The standard InChI is InChI=1S/C14H26N2O2/c1-16-10-8-14(9-11-16,13(17)18-2)15-12-6-4-3-5-7-12/h12,15H,3-11H2,1-2H3. The van der Waals surface area contributed by atoms with Crippen LogP contribution in [0.1, 0.15) is 44.9 Å². The molecule has 0 amide bonds. The molecule has 1 aliphatic heterocycles. The molecule has 2 fully saturated rings. The Morgan fingerprint density at radius 1 is 1.22 bits per heavy atom. The second kappa shape index (κ2) is 6.02. The molecule has 1 saturated heterocycles. The molecule has 0 unspecified atom stereocenters. The Balaban J connectivity index is 2.02. The number of carbonyl (C=O) groups is 1. The molecule has 1 saturated carbocycles. The quantitative estimate of drug-likeness (QED) is 0.776. The van der Waals surface area contributed by atoms with Gasteiger partial charge >= 0.3 is 5.97 Å². The number of piperidine rings is 1. The molecule has 2 rings (SSSR count). The number of methoxy groups -OCH3 is 1. The predicted octanol–water partition coefficient (Wildman–Crippen LogP) is 1.55. The Bertz CT molecular complexity index is 280. The van der Waals surface area contributed by atoms with E-state index in [4.69, 9.17) is 4.74 Å². The lowest BCUT2D eigenvalue weighted by molar-refractivity contribution is -0.151. The molecule has 4 nitrogen and oxygen atoms in total. The van der Waals surface area contributed by atoms with E-state index in [9.17, 15) is 4.79 Å². The van der Waals surface area contributed by atoms with Crippen LogP contribution in [0.3, 0.4) is 0 Å². The molecule has 1 N–H and O–H groups in total. The zero-order valence-electron chi connectivity index (χ0n) is 11.7. The Hall–Kier alpha value is -0.610. The summed E-state index contributed by atoms with van der Waals surface area (Å²) in [5, 5.41) is 3.64. The fraction of sp³-hybridized carbons (Fsp3) is 0.929. The Kier molecular flexibility index (Phi) is 4.62. The first-order valence-corrected chi connectivity index (χ1v) is 7.21. The van der Waals surface area contributed by atoms with Crippen molar-refractivity contribution in [2.45, 2.75) is 56.5 Å². The molecule has 1 aliphatic carbocycles. The monoisotopic (exact) mass is 254 g/mol. The van der Waals surface area contributed by atoms with Crippen LogP contribution in [-0.2, 0) is 9.53 Å². The molecule has 0 aromatic heterocycles. The van der Waals surface area contributed by atoms with E-state index < -0.39 is 5.54 Å². The Morgan fingerprint density at radius 3 is 2.39 bits per heavy atom. The number of rotatable bonds is 3. The Morgan fingerprint density at radius 2 is 1.83 bits per heavy atom. The van der Waals surface area contributed by atoms with E-state index in [0.29, 0.717) is 6.04 Å². The molecule has 4 heteroatoms. The third-order valence-corrected chi connectivity index (χ3v) is 4.50. The molecule has 0 atom stereocenters. The highest BCUT2D eigenvalue weighted by atomic mass is 16.5. The van der Waals surface area contributed by atoms with Crippen molar-refractivity contribution in [1.82, 2.24) is 10.2 Å². The van der Waals surface area contributed by atoms with E-state index in [1.165, 1.54) is 39.2 Å². The fourth-order valence-electron chi connectivity index (χ4n) is 3.24. The molecule has 0 aromatic carbocycles. The van der Waals surface area contributed by atoms with Crippen molar-refractivity contribution in [3.8, 4) is 0 Å². The maximum absolute atomic E-state index is 12.2. The molecule has 1 heterocycles.